The average Bonchev–Trinajstić information content (AvgIpc) is 2.66. The number of fused-ring (bicyclic) bond motifs is 1. The molecule has 0 aliphatic heterocycles. The van der Waals surface area contributed by atoms with Crippen LogP contribution in [0.2, 0.25) is 0 Å². The van der Waals surface area contributed by atoms with Gasteiger partial charge in [0.05, 0.1) is 23.2 Å². The molecule has 3 rings (SSSR count). The van der Waals surface area contributed by atoms with Gasteiger partial charge in [0.25, 0.3) is 0 Å². The highest BCUT2D eigenvalue weighted by Crippen LogP contribution is 2.19. The Bertz CT molecular complexity index is 1020. The standard InChI is InChI=1S/C19H19N3O3S/c1-14(19(23)21-13-17-8-4-5-11-20-17)22-26(24,25)18-10-9-15-6-2-3-7-16(15)12-18/h2-12,14,22H,13H2,1H3,(H,21,23)/t14-/m1/s1. The molecule has 26 heavy (non-hydrogen) atoms. The zero-order chi connectivity index (χ0) is 18.6. The maximum Gasteiger partial charge on any atom is 0.241 e. The number of amides is 1. The summed E-state index contributed by atoms with van der Waals surface area (Å²) in [4.78, 5) is 16.4. The van der Waals surface area contributed by atoms with Crippen molar-refractivity contribution < 1.29 is 13.2 Å². The molecule has 0 fully saturated rings. The van der Waals surface area contributed by atoms with Gasteiger partial charge in [0.1, 0.15) is 0 Å². The van der Waals surface area contributed by atoms with Crippen LogP contribution in [0.5, 0.6) is 0 Å². The van der Waals surface area contributed by atoms with Gasteiger partial charge >= 0.3 is 0 Å². The third-order valence-electron chi connectivity index (χ3n) is 3.93. The number of hydrogen-bond acceptors (Lipinski definition) is 4. The number of aromatic nitrogens is 1. The third-order valence-corrected chi connectivity index (χ3v) is 5.46. The fraction of sp³-hybridized carbons (Fsp3) is 0.158. The number of carbonyl (C=O) groups excluding carboxylic acids is 1. The fourth-order valence-corrected chi connectivity index (χ4v) is 3.76. The summed E-state index contributed by atoms with van der Waals surface area (Å²) in [7, 11) is -3.81. The van der Waals surface area contributed by atoms with Crippen molar-refractivity contribution in [3.63, 3.8) is 0 Å². The summed E-state index contributed by atoms with van der Waals surface area (Å²) in [6.07, 6.45) is 1.63. The van der Waals surface area contributed by atoms with E-state index in [0.29, 0.717) is 5.69 Å². The van der Waals surface area contributed by atoms with E-state index in [0.717, 1.165) is 10.8 Å². The lowest BCUT2D eigenvalue weighted by Gasteiger charge is -2.14. The fourth-order valence-electron chi connectivity index (χ4n) is 2.52. The van der Waals surface area contributed by atoms with Crippen molar-refractivity contribution in [3.8, 4) is 0 Å². The quantitative estimate of drug-likeness (QED) is 0.697. The molecule has 0 saturated heterocycles. The van der Waals surface area contributed by atoms with Gasteiger partial charge in [-0.05, 0) is 42.0 Å². The van der Waals surface area contributed by atoms with Crippen LogP contribution < -0.4 is 10.0 Å². The molecule has 1 amide bonds. The first-order valence-corrected chi connectivity index (χ1v) is 9.63. The van der Waals surface area contributed by atoms with Crippen LogP contribution in [0.15, 0.2) is 71.8 Å². The van der Waals surface area contributed by atoms with Crippen molar-refractivity contribution in [3.05, 3.63) is 72.6 Å². The van der Waals surface area contributed by atoms with E-state index in [9.17, 15) is 13.2 Å². The van der Waals surface area contributed by atoms with Gasteiger partial charge in [0.2, 0.25) is 15.9 Å². The highest BCUT2D eigenvalue weighted by Gasteiger charge is 2.22. The van der Waals surface area contributed by atoms with E-state index in [4.69, 9.17) is 0 Å². The molecule has 1 heterocycles. The maximum atomic E-state index is 12.6. The second-order valence-electron chi connectivity index (χ2n) is 5.89. The Balaban J connectivity index is 1.68. The normalized spacial score (nSPS) is 12.7. The molecule has 0 radical (unpaired) electrons. The number of rotatable bonds is 6. The maximum absolute atomic E-state index is 12.6. The Morgan fingerprint density at radius 1 is 1.04 bits per heavy atom. The first kappa shape index (κ1) is 18.0. The second kappa shape index (κ2) is 7.63. The monoisotopic (exact) mass is 369 g/mol. The zero-order valence-corrected chi connectivity index (χ0v) is 15.0. The average molecular weight is 369 g/mol. The zero-order valence-electron chi connectivity index (χ0n) is 14.2. The number of hydrogen-bond donors (Lipinski definition) is 2. The van der Waals surface area contributed by atoms with Gasteiger partial charge in [-0.2, -0.15) is 4.72 Å². The molecule has 0 spiro atoms. The van der Waals surface area contributed by atoms with E-state index in [1.54, 1.807) is 30.5 Å². The second-order valence-corrected chi connectivity index (χ2v) is 7.60. The van der Waals surface area contributed by atoms with Crippen LogP contribution in [0.4, 0.5) is 0 Å². The van der Waals surface area contributed by atoms with Crippen LogP contribution in [0.25, 0.3) is 10.8 Å². The van der Waals surface area contributed by atoms with Crippen molar-refractivity contribution in [1.29, 1.82) is 0 Å². The van der Waals surface area contributed by atoms with Crippen LogP contribution in [-0.2, 0) is 21.4 Å². The minimum Gasteiger partial charge on any atom is -0.349 e. The third kappa shape index (κ3) is 4.25. The summed E-state index contributed by atoms with van der Waals surface area (Å²) in [6.45, 7) is 1.74. The van der Waals surface area contributed by atoms with Gasteiger partial charge < -0.3 is 5.32 Å². The molecule has 0 saturated carbocycles. The number of nitrogens with one attached hydrogen (secondary N) is 2. The number of benzene rings is 2. The van der Waals surface area contributed by atoms with Gasteiger partial charge in [-0.3, -0.25) is 9.78 Å². The lowest BCUT2D eigenvalue weighted by Crippen LogP contribution is -2.44. The van der Waals surface area contributed by atoms with E-state index >= 15 is 0 Å². The van der Waals surface area contributed by atoms with Crippen molar-refractivity contribution >= 4 is 26.7 Å². The van der Waals surface area contributed by atoms with Crippen LogP contribution >= 0.6 is 0 Å². The van der Waals surface area contributed by atoms with Crippen molar-refractivity contribution in [2.75, 3.05) is 0 Å². The van der Waals surface area contributed by atoms with Gasteiger partial charge in [0, 0.05) is 6.20 Å². The van der Waals surface area contributed by atoms with E-state index < -0.39 is 22.0 Å². The predicted molar refractivity (Wildman–Crippen MR) is 99.8 cm³/mol. The Labute approximate surface area is 152 Å². The van der Waals surface area contributed by atoms with E-state index in [2.05, 4.69) is 15.0 Å². The van der Waals surface area contributed by atoms with Gasteiger partial charge in [-0.15, -0.1) is 0 Å². The summed E-state index contributed by atoms with van der Waals surface area (Å²) >= 11 is 0. The molecule has 0 aliphatic carbocycles. The summed E-state index contributed by atoms with van der Waals surface area (Å²) in [5.74, 6) is -0.417. The highest BCUT2D eigenvalue weighted by molar-refractivity contribution is 7.89. The lowest BCUT2D eigenvalue weighted by atomic mass is 10.1. The highest BCUT2D eigenvalue weighted by atomic mass is 32.2. The first-order valence-electron chi connectivity index (χ1n) is 8.14. The largest absolute Gasteiger partial charge is 0.349 e. The van der Waals surface area contributed by atoms with Crippen molar-refractivity contribution in [1.82, 2.24) is 15.0 Å². The van der Waals surface area contributed by atoms with Crippen LogP contribution in [-0.4, -0.2) is 25.4 Å². The van der Waals surface area contributed by atoms with Crippen LogP contribution in [0, 0.1) is 0 Å². The predicted octanol–water partition coefficient (Wildman–Crippen LogP) is 2.22. The molecule has 134 valence electrons. The van der Waals surface area contributed by atoms with E-state index in [1.807, 2.05) is 30.3 Å². The minimum atomic E-state index is -3.81. The Morgan fingerprint density at radius 3 is 2.50 bits per heavy atom. The molecule has 6 nitrogen and oxygen atoms in total. The molecule has 7 heteroatoms. The van der Waals surface area contributed by atoms with Gasteiger partial charge in [-0.1, -0.05) is 36.4 Å². The van der Waals surface area contributed by atoms with Crippen LogP contribution in [0.1, 0.15) is 12.6 Å². The Hall–Kier alpha value is -2.77. The SMILES string of the molecule is C[C@@H](NS(=O)(=O)c1ccc2ccccc2c1)C(=O)NCc1ccccn1. The van der Waals surface area contributed by atoms with Crippen molar-refractivity contribution in [2.45, 2.75) is 24.4 Å². The first-order chi connectivity index (χ1) is 12.5. The Morgan fingerprint density at radius 2 is 1.77 bits per heavy atom. The van der Waals surface area contributed by atoms with E-state index in [-0.39, 0.29) is 11.4 Å². The minimum absolute atomic E-state index is 0.126. The molecular formula is C19H19N3O3S. The molecule has 3 aromatic rings. The molecular weight excluding hydrogens is 350 g/mol. The lowest BCUT2D eigenvalue weighted by molar-refractivity contribution is -0.122. The number of nitrogens with zero attached hydrogens (tertiary/aromatic N) is 1. The molecule has 0 unspecified atom stereocenters. The molecule has 0 bridgehead atoms. The van der Waals surface area contributed by atoms with Gasteiger partial charge in [-0.25, -0.2) is 8.42 Å². The van der Waals surface area contributed by atoms with E-state index in [1.165, 1.54) is 13.0 Å². The summed E-state index contributed by atoms with van der Waals surface area (Å²) < 4.78 is 27.5. The Kier molecular flexibility index (Phi) is 5.29. The number of sulfonamides is 1. The molecule has 1 aromatic heterocycles. The molecule has 1 atom stereocenters. The number of carbonyl (C=O) groups is 1. The summed E-state index contributed by atoms with van der Waals surface area (Å²) in [6, 6.07) is 16.8. The molecule has 2 N–H and O–H groups in total. The van der Waals surface area contributed by atoms with Crippen LogP contribution in [0.3, 0.4) is 0 Å². The number of pyridine rings is 1. The summed E-state index contributed by atoms with van der Waals surface area (Å²) in [5, 5.41) is 4.45. The smallest absolute Gasteiger partial charge is 0.241 e. The van der Waals surface area contributed by atoms with Gasteiger partial charge in [0.15, 0.2) is 0 Å². The van der Waals surface area contributed by atoms with Crippen molar-refractivity contribution in [2.24, 2.45) is 0 Å². The molecule has 0 aliphatic rings. The summed E-state index contributed by atoms with van der Waals surface area (Å²) in [5.41, 5.74) is 0.699. The molecule has 2 aromatic carbocycles. The topological polar surface area (TPSA) is 88.2 Å².